The van der Waals surface area contributed by atoms with Crippen LogP contribution >= 0.6 is 0 Å². The number of hydrogen-bond acceptors (Lipinski definition) is 2. The number of carbonyl (C=O) groups is 2. The minimum atomic E-state index is -0.973. The fraction of sp³-hybridized carbons (Fsp3) is 0.500. The van der Waals surface area contributed by atoms with Crippen LogP contribution in [0.15, 0.2) is 18.2 Å². The Morgan fingerprint density at radius 3 is 2.35 bits per heavy atom. The molecule has 0 saturated carbocycles. The summed E-state index contributed by atoms with van der Waals surface area (Å²) in [6.07, 6.45) is 0.251. The molecule has 0 atom stereocenters. The number of aryl methyl sites for hydroxylation is 2. The summed E-state index contributed by atoms with van der Waals surface area (Å²) in [6, 6.07) is 5.90. The lowest BCUT2D eigenvalue weighted by molar-refractivity contribution is -0.144. The van der Waals surface area contributed by atoms with Crippen molar-refractivity contribution in [3.63, 3.8) is 0 Å². The van der Waals surface area contributed by atoms with E-state index in [0.29, 0.717) is 6.54 Å². The Labute approximate surface area is 120 Å². The molecule has 0 aliphatic carbocycles. The summed E-state index contributed by atoms with van der Waals surface area (Å²) >= 11 is 0. The van der Waals surface area contributed by atoms with Crippen LogP contribution in [0.4, 0.5) is 0 Å². The van der Waals surface area contributed by atoms with Crippen molar-refractivity contribution >= 4 is 11.9 Å². The normalized spacial score (nSPS) is 10.7. The molecule has 0 heterocycles. The van der Waals surface area contributed by atoms with Gasteiger partial charge in [0, 0.05) is 6.54 Å². The molecule has 0 saturated heterocycles. The van der Waals surface area contributed by atoms with E-state index in [2.05, 4.69) is 0 Å². The van der Waals surface area contributed by atoms with E-state index >= 15 is 0 Å². The van der Waals surface area contributed by atoms with Crippen molar-refractivity contribution < 1.29 is 14.7 Å². The molecule has 1 N–H and O–H groups in total. The van der Waals surface area contributed by atoms with Crippen molar-refractivity contribution in [3.8, 4) is 0 Å². The number of aliphatic carboxylic acids is 1. The van der Waals surface area contributed by atoms with E-state index in [1.54, 1.807) is 0 Å². The minimum absolute atomic E-state index is 0.135. The number of carbonyl (C=O) groups excluding carboxylic acids is 1. The van der Waals surface area contributed by atoms with Crippen molar-refractivity contribution in [1.82, 2.24) is 4.90 Å². The summed E-state index contributed by atoms with van der Waals surface area (Å²) in [5.74, 6) is -0.860. The standard InChI is InChI=1S/C16H23NO3/c1-11(2)9-17(10-16(19)20)15(18)8-14-6-5-12(3)13(4)7-14/h5-7,11H,8-10H2,1-4H3,(H,19,20). The third-order valence-corrected chi connectivity index (χ3v) is 3.19. The molecule has 110 valence electrons. The third-order valence-electron chi connectivity index (χ3n) is 3.19. The highest BCUT2D eigenvalue weighted by Crippen LogP contribution is 2.12. The average molecular weight is 277 g/mol. The van der Waals surface area contributed by atoms with Crippen LogP contribution in [-0.2, 0) is 16.0 Å². The number of carboxylic acid groups (broad SMARTS) is 1. The number of hydrogen-bond donors (Lipinski definition) is 1. The van der Waals surface area contributed by atoms with Crippen LogP contribution in [0, 0.1) is 19.8 Å². The Kier molecular flexibility index (Phi) is 5.74. The van der Waals surface area contributed by atoms with Crippen molar-refractivity contribution in [2.24, 2.45) is 5.92 Å². The molecule has 4 nitrogen and oxygen atoms in total. The quantitative estimate of drug-likeness (QED) is 0.868. The summed E-state index contributed by atoms with van der Waals surface area (Å²) in [5, 5.41) is 8.90. The molecule has 1 amide bonds. The second-order valence-corrected chi connectivity index (χ2v) is 5.66. The van der Waals surface area contributed by atoms with Crippen LogP contribution < -0.4 is 0 Å². The molecule has 1 rings (SSSR count). The molecule has 0 aliphatic rings. The Balaban J connectivity index is 2.78. The Bertz CT molecular complexity index is 494. The zero-order valence-corrected chi connectivity index (χ0v) is 12.6. The monoisotopic (exact) mass is 277 g/mol. The molecule has 0 fully saturated rings. The fourth-order valence-corrected chi connectivity index (χ4v) is 2.06. The maximum Gasteiger partial charge on any atom is 0.323 e. The van der Waals surface area contributed by atoms with E-state index in [1.807, 2.05) is 45.9 Å². The number of nitrogens with zero attached hydrogens (tertiary/aromatic N) is 1. The molecule has 4 heteroatoms. The average Bonchev–Trinajstić information content (AvgIpc) is 2.32. The molecule has 0 aliphatic heterocycles. The fourth-order valence-electron chi connectivity index (χ4n) is 2.06. The first kappa shape index (κ1) is 16.2. The van der Waals surface area contributed by atoms with Crippen LogP contribution in [0.3, 0.4) is 0 Å². The van der Waals surface area contributed by atoms with Gasteiger partial charge in [0.15, 0.2) is 0 Å². The van der Waals surface area contributed by atoms with Gasteiger partial charge < -0.3 is 10.0 Å². The maximum atomic E-state index is 12.2. The highest BCUT2D eigenvalue weighted by molar-refractivity contribution is 5.83. The molecule has 0 bridgehead atoms. The SMILES string of the molecule is Cc1ccc(CC(=O)N(CC(=O)O)CC(C)C)cc1C. The van der Waals surface area contributed by atoms with E-state index < -0.39 is 5.97 Å². The Morgan fingerprint density at radius 2 is 1.85 bits per heavy atom. The molecule has 20 heavy (non-hydrogen) atoms. The lowest BCUT2D eigenvalue weighted by Gasteiger charge is -2.23. The second-order valence-electron chi connectivity index (χ2n) is 5.66. The minimum Gasteiger partial charge on any atom is -0.480 e. The van der Waals surface area contributed by atoms with Gasteiger partial charge in [-0.2, -0.15) is 0 Å². The zero-order valence-electron chi connectivity index (χ0n) is 12.6. The van der Waals surface area contributed by atoms with Crippen LogP contribution in [0.1, 0.15) is 30.5 Å². The first-order chi connectivity index (χ1) is 9.29. The van der Waals surface area contributed by atoms with E-state index in [9.17, 15) is 9.59 Å². The predicted octanol–water partition coefficient (Wildman–Crippen LogP) is 2.42. The molecule has 1 aromatic rings. The van der Waals surface area contributed by atoms with Crippen LogP contribution in [0.25, 0.3) is 0 Å². The van der Waals surface area contributed by atoms with Crippen molar-refractivity contribution in [3.05, 3.63) is 34.9 Å². The van der Waals surface area contributed by atoms with Crippen LogP contribution in [0.5, 0.6) is 0 Å². The first-order valence-electron chi connectivity index (χ1n) is 6.85. The lowest BCUT2D eigenvalue weighted by atomic mass is 10.0. The molecular weight excluding hydrogens is 254 g/mol. The van der Waals surface area contributed by atoms with Gasteiger partial charge in [-0.1, -0.05) is 32.0 Å². The van der Waals surface area contributed by atoms with Gasteiger partial charge in [-0.05, 0) is 36.5 Å². The van der Waals surface area contributed by atoms with E-state index in [1.165, 1.54) is 10.5 Å². The van der Waals surface area contributed by atoms with Gasteiger partial charge in [0.2, 0.25) is 5.91 Å². The van der Waals surface area contributed by atoms with Gasteiger partial charge in [-0.25, -0.2) is 0 Å². The zero-order chi connectivity index (χ0) is 15.3. The van der Waals surface area contributed by atoms with Gasteiger partial charge in [-0.3, -0.25) is 9.59 Å². The molecule has 1 aromatic carbocycles. The summed E-state index contributed by atoms with van der Waals surface area (Å²) in [4.78, 5) is 24.5. The highest BCUT2D eigenvalue weighted by Gasteiger charge is 2.18. The van der Waals surface area contributed by atoms with Crippen LogP contribution in [0.2, 0.25) is 0 Å². The number of carboxylic acids is 1. The van der Waals surface area contributed by atoms with E-state index in [0.717, 1.165) is 11.1 Å². The third kappa shape index (κ3) is 5.03. The number of benzene rings is 1. The van der Waals surface area contributed by atoms with Gasteiger partial charge in [-0.15, -0.1) is 0 Å². The number of amides is 1. The molecule has 0 unspecified atom stereocenters. The largest absolute Gasteiger partial charge is 0.480 e. The lowest BCUT2D eigenvalue weighted by Crippen LogP contribution is -2.39. The first-order valence-corrected chi connectivity index (χ1v) is 6.85. The van der Waals surface area contributed by atoms with Crippen molar-refractivity contribution in [2.45, 2.75) is 34.1 Å². The highest BCUT2D eigenvalue weighted by atomic mass is 16.4. The van der Waals surface area contributed by atoms with Gasteiger partial charge in [0.25, 0.3) is 0 Å². The maximum absolute atomic E-state index is 12.2. The van der Waals surface area contributed by atoms with Gasteiger partial charge in [0.05, 0.1) is 6.42 Å². The smallest absolute Gasteiger partial charge is 0.323 e. The Morgan fingerprint density at radius 1 is 1.20 bits per heavy atom. The van der Waals surface area contributed by atoms with Crippen LogP contribution in [-0.4, -0.2) is 35.0 Å². The van der Waals surface area contributed by atoms with Crippen molar-refractivity contribution in [2.75, 3.05) is 13.1 Å². The molecule has 0 spiro atoms. The summed E-state index contributed by atoms with van der Waals surface area (Å²) in [7, 11) is 0. The van der Waals surface area contributed by atoms with Gasteiger partial charge >= 0.3 is 5.97 Å². The number of rotatable bonds is 6. The van der Waals surface area contributed by atoms with Gasteiger partial charge in [0.1, 0.15) is 6.54 Å². The van der Waals surface area contributed by atoms with E-state index in [4.69, 9.17) is 5.11 Å². The summed E-state index contributed by atoms with van der Waals surface area (Å²) in [6.45, 7) is 8.21. The van der Waals surface area contributed by atoms with E-state index in [-0.39, 0.29) is 24.8 Å². The molecule has 0 aromatic heterocycles. The molecule has 0 radical (unpaired) electrons. The summed E-state index contributed by atoms with van der Waals surface area (Å²) in [5.41, 5.74) is 3.26. The summed E-state index contributed by atoms with van der Waals surface area (Å²) < 4.78 is 0. The predicted molar refractivity (Wildman–Crippen MR) is 78.7 cm³/mol. The molecular formula is C16H23NO3. The van der Waals surface area contributed by atoms with Crippen molar-refractivity contribution in [1.29, 1.82) is 0 Å². The second kappa shape index (κ2) is 7.08. The Hall–Kier alpha value is -1.84. The topological polar surface area (TPSA) is 57.6 Å².